The molecule has 0 radical (unpaired) electrons. The van der Waals surface area contributed by atoms with Crippen molar-refractivity contribution in [1.29, 1.82) is 0 Å². The standard InChI is InChI=1S/C23H25N3O4S/c1-25(2)21-11-12-22(20-6-4-3-5-19(20)21)31(28,29)24-18-9-7-17(8-10-18)15-26-13-14-30-16-23(26)27/h3-12,24H,13-16H2,1-2H3. The Morgan fingerprint density at radius 1 is 1.00 bits per heavy atom. The number of morpholine rings is 1. The number of fused-ring (bicyclic) bond motifs is 1. The van der Waals surface area contributed by atoms with E-state index in [0.717, 1.165) is 16.6 Å². The molecule has 3 aromatic rings. The second kappa shape index (κ2) is 8.56. The number of carbonyl (C=O) groups excluding carboxylic acids is 1. The molecule has 1 aliphatic heterocycles. The van der Waals surface area contributed by atoms with E-state index in [1.54, 1.807) is 23.1 Å². The van der Waals surface area contributed by atoms with Gasteiger partial charge in [-0.2, -0.15) is 0 Å². The topological polar surface area (TPSA) is 79.0 Å². The van der Waals surface area contributed by atoms with Gasteiger partial charge in [-0.1, -0.05) is 36.4 Å². The lowest BCUT2D eigenvalue weighted by atomic mass is 10.1. The van der Waals surface area contributed by atoms with Crippen molar-refractivity contribution in [3.8, 4) is 0 Å². The number of anilines is 2. The largest absolute Gasteiger partial charge is 0.377 e. The Bertz CT molecular complexity index is 1210. The van der Waals surface area contributed by atoms with E-state index in [1.807, 2.05) is 61.5 Å². The van der Waals surface area contributed by atoms with Crippen molar-refractivity contribution in [2.24, 2.45) is 0 Å². The highest BCUT2D eigenvalue weighted by Gasteiger charge is 2.20. The van der Waals surface area contributed by atoms with E-state index in [2.05, 4.69) is 4.72 Å². The molecule has 162 valence electrons. The van der Waals surface area contributed by atoms with Crippen molar-refractivity contribution in [3.63, 3.8) is 0 Å². The van der Waals surface area contributed by atoms with Crippen LogP contribution in [-0.2, 0) is 26.1 Å². The quantitative estimate of drug-likeness (QED) is 0.639. The lowest BCUT2D eigenvalue weighted by Gasteiger charge is -2.26. The number of ether oxygens (including phenoxy) is 1. The molecule has 0 aliphatic carbocycles. The molecule has 0 unspecified atom stereocenters. The molecule has 1 fully saturated rings. The summed E-state index contributed by atoms with van der Waals surface area (Å²) in [6.45, 7) is 1.68. The van der Waals surface area contributed by atoms with E-state index in [-0.39, 0.29) is 17.4 Å². The van der Waals surface area contributed by atoms with Gasteiger partial charge in [0.1, 0.15) is 6.61 Å². The molecule has 1 aliphatic rings. The maximum atomic E-state index is 13.2. The maximum Gasteiger partial charge on any atom is 0.262 e. The second-order valence-electron chi connectivity index (χ2n) is 7.69. The third-order valence-electron chi connectivity index (χ3n) is 5.30. The number of sulfonamides is 1. The van der Waals surface area contributed by atoms with E-state index in [4.69, 9.17) is 4.74 Å². The highest BCUT2D eigenvalue weighted by molar-refractivity contribution is 7.93. The first-order chi connectivity index (χ1) is 14.8. The van der Waals surface area contributed by atoms with Gasteiger partial charge < -0.3 is 14.5 Å². The third kappa shape index (κ3) is 4.50. The zero-order chi connectivity index (χ0) is 22.0. The van der Waals surface area contributed by atoms with E-state index >= 15 is 0 Å². The van der Waals surface area contributed by atoms with Crippen LogP contribution >= 0.6 is 0 Å². The predicted molar refractivity (Wildman–Crippen MR) is 122 cm³/mol. The second-order valence-corrected chi connectivity index (χ2v) is 9.34. The molecular formula is C23H25N3O4S. The van der Waals surface area contributed by atoms with Gasteiger partial charge in [0, 0.05) is 49.3 Å². The van der Waals surface area contributed by atoms with Crippen LogP contribution in [0.15, 0.2) is 65.6 Å². The van der Waals surface area contributed by atoms with E-state index in [0.29, 0.717) is 30.8 Å². The molecule has 8 heteroatoms. The number of nitrogens with one attached hydrogen (secondary N) is 1. The van der Waals surface area contributed by atoms with Crippen LogP contribution in [0.5, 0.6) is 0 Å². The monoisotopic (exact) mass is 439 g/mol. The van der Waals surface area contributed by atoms with E-state index < -0.39 is 10.0 Å². The summed E-state index contributed by atoms with van der Waals surface area (Å²) in [4.78, 5) is 15.8. The van der Waals surface area contributed by atoms with Crippen molar-refractivity contribution in [2.75, 3.05) is 43.5 Å². The SMILES string of the molecule is CN(C)c1ccc(S(=O)(=O)Nc2ccc(CN3CCOCC3=O)cc2)c2ccccc12. The summed E-state index contributed by atoms with van der Waals surface area (Å²) in [7, 11) is 0.0808. The zero-order valence-electron chi connectivity index (χ0n) is 17.5. The van der Waals surface area contributed by atoms with Crippen molar-refractivity contribution < 1.29 is 17.9 Å². The molecule has 0 atom stereocenters. The lowest BCUT2D eigenvalue weighted by molar-refractivity contribution is -0.143. The minimum Gasteiger partial charge on any atom is -0.377 e. The van der Waals surface area contributed by atoms with Gasteiger partial charge in [0.2, 0.25) is 5.91 Å². The molecule has 0 aromatic heterocycles. The number of amides is 1. The summed E-state index contributed by atoms with van der Waals surface area (Å²) < 4.78 is 34.1. The van der Waals surface area contributed by atoms with Crippen LogP contribution in [0, 0.1) is 0 Å². The molecule has 0 saturated carbocycles. The van der Waals surface area contributed by atoms with Gasteiger partial charge in [0.25, 0.3) is 10.0 Å². The molecule has 1 N–H and O–H groups in total. The first kappa shape index (κ1) is 21.1. The maximum absolute atomic E-state index is 13.2. The van der Waals surface area contributed by atoms with Crippen molar-refractivity contribution >= 4 is 38.1 Å². The van der Waals surface area contributed by atoms with Crippen LogP contribution < -0.4 is 9.62 Å². The van der Waals surface area contributed by atoms with Crippen LogP contribution in [0.1, 0.15) is 5.56 Å². The number of carbonyl (C=O) groups is 1. The Hall–Kier alpha value is -3.10. The van der Waals surface area contributed by atoms with Gasteiger partial charge in [-0.25, -0.2) is 8.42 Å². The van der Waals surface area contributed by atoms with E-state index in [9.17, 15) is 13.2 Å². The molecule has 31 heavy (non-hydrogen) atoms. The van der Waals surface area contributed by atoms with Crippen LogP contribution in [0.25, 0.3) is 10.8 Å². The summed E-state index contributed by atoms with van der Waals surface area (Å²) in [6.07, 6.45) is 0. The molecule has 0 bridgehead atoms. The molecular weight excluding hydrogens is 414 g/mol. The lowest BCUT2D eigenvalue weighted by Crippen LogP contribution is -2.40. The van der Waals surface area contributed by atoms with Gasteiger partial charge in [-0.05, 0) is 29.8 Å². The number of rotatable bonds is 6. The predicted octanol–water partition coefficient (Wildman–Crippen LogP) is 3.07. The van der Waals surface area contributed by atoms with Crippen molar-refractivity contribution in [3.05, 3.63) is 66.2 Å². The van der Waals surface area contributed by atoms with Crippen LogP contribution in [0.3, 0.4) is 0 Å². The van der Waals surface area contributed by atoms with Gasteiger partial charge in [-0.3, -0.25) is 9.52 Å². The minimum absolute atomic E-state index is 0.0379. The van der Waals surface area contributed by atoms with Crippen LogP contribution in [0.2, 0.25) is 0 Å². The number of hydrogen-bond donors (Lipinski definition) is 1. The normalized spacial score (nSPS) is 14.6. The fraction of sp³-hybridized carbons (Fsp3) is 0.261. The highest BCUT2D eigenvalue weighted by Crippen LogP contribution is 2.31. The zero-order valence-corrected chi connectivity index (χ0v) is 18.4. The average Bonchev–Trinajstić information content (AvgIpc) is 2.75. The summed E-state index contributed by atoms with van der Waals surface area (Å²) in [5, 5.41) is 1.55. The first-order valence-electron chi connectivity index (χ1n) is 10.0. The molecule has 7 nitrogen and oxygen atoms in total. The van der Waals surface area contributed by atoms with E-state index in [1.165, 1.54) is 0 Å². The van der Waals surface area contributed by atoms with Crippen LogP contribution in [-0.4, -0.2) is 53.1 Å². The molecule has 1 saturated heterocycles. The summed E-state index contributed by atoms with van der Waals surface area (Å²) >= 11 is 0. The summed E-state index contributed by atoms with van der Waals surface area (Å²) in [5.41, 5.74) is 2.35. The highest BCUT2D eigenvalue weighted by atomic mass is 32.2. The Morgan fingerprint density at radius 3 is 2.39 bits per heavy atom. The van der Waals surface area contributed by atoms with Crippen molar-refractivity contribution in [1.82, 2.24) is 4.90 Å². The van der Waals surface area contributed by atoms with Gasteiger partial charge >= 0.3 is 0 Å². The smallest absolute Gasteiger partial charge is 0.262 e. The Kier molecular flexibility index (Phi) is 5.84. The van der Waals surface area contributed by atoms with Gasteiger partial charge in [0.15, 0.2) is 0 Å². The fourth-order valence-electron chi connectivity index (χ4n) is 3.71. The molecule has 0 spiro atoms. The number of nitrogens with zero attached hydrogens (tertiary/aromatic N) is 2. The number of benzene rings is 3. The summed E-state index contributed by atoms with van der Waals surface area (Å²) in [5.74, 6) is -0.0379. The van der Waals surface area contributed by atoms with Gasteiger partial charge in [0.05, 0.1) is 11.5 Å². The molecule has 3 aromatic carbocycles. The minimum atomic E-state index is -3.78. The Labute approximate surface area is 182 Å². The average molecular weight is 440 g/mol. The first-order valence-corrected chi connectivity index (χ1v) is 11.5. The molecule has 1 heterocycles. The Balaban J connectivity index is 1.57. The number of hydrogen-bond acceptors (Lipinski definition) is 5. The molecule has 1 amide bonds. The van der Waals surface area contributed by atoms with Crippen LogP contribution in [0.4, 0.5) is 11.4 Å². The van der Waals surface area contributed by atoms with Crippen molar-refractivity contribution in [2.45, 2.75) is 11.4 Å². The third-order valence-corrected chi connectivity index (χ3v) is 6.74. The fourth-order valence-corrected chi connectivity index (χ4v) is 4.98. The Morgan fingerprint density at radius 2 is 1.71 bits per heavy atom. The van der Waals surface area contributed by atoms with Gasteiger partial charge in [-0.15, -0.1) is 0 Å². The summed E-state index contributed by atoms with van der Waals surface area (Å²) in [6, 6.07) is 18.0. The molecule has 4 rings (SSSR count).